The van der Waals surface area contributed by atoms with Crippen molar-refractivity contribution >= 4 is 5.84 Å². The van der Waals surface area contributed by atoms with Crippen molar-refractivity contribution in [2.24, 2.45) is 4.99 Å². The third-order valence-electron chi connectivity index (χ3n) is 0.828. The van der Waals surface area contributed by atoms with E-state index in [1.165, 1.54) is 0 Å². The van der Waals surface area contributed by atoms with Crippen molar-refractivity contribution in [3.05, 3.63) is 12.0 Å². The average molecular weight is 112 g/mol. The minimum Gasteiger partial charge on any atom is -0.361 e. The number of allylic oxidation sites excluding steroid dienone is 1. The largest absolute Gasteiger partial charge is 0.361 e. The Labute approximate surface area is 48.0 Å². The van der Waals surface area contributed by atoms with E-state index < -0.39 is 0 Å². The number of hydroxylamine groups is 1. The first-order chi connectivity index (χ1) is 3.83. The zero-order valence-corrected chi connectivity index (χ0v) is 4.93. The highest BCUT2D eigenvalue weighted by Crippen LogP contribution is 2.02. The lowest BCUT2D eigenvalue weighted by Crippen LogP contribution is -2.11. The van der Waals surface area contributed by atoms with Crippen LogP contribution in [0.25, 0.3) is 0 Å². The van der Waals surface area contributed by atoms with Crippen molar-refractivity contribution in [2.45, 2.75) is 13.8 Å². The van der Waals surface area contributed by atoms with Crippen LogP contribution in [0.5, 0.6) is 0 Å². The first-order valence-electron chi connectivity index (χ1n) is 2.47. The van der Waals surface area contributed by atoms with E-state index in [2.05, 4.69) is 10.5 Å². The molecule has 0 aromatic heterocycles. The van der Waals surface area contributed by atoms with E-state index in [0.29, 0.717) is 5.88 Å². The van der Waals surface area contributed by atoms with Crippen LogP contribution in [0.1, 0.15) is 13.8 Å². The first-order valence-corrected chi connectivity index (χ1v) is 2.47. The Morgan fingerprint density at radius 3 is 2.75 bits per heavy atom. The molecule has 1 aliphatic rings. The third-order valence-corrected chi connectivity index (χ3v) is 0.828. The van der Waals surface area contributed by atoms with E-state index in [-0.39, 0.29) is 0 Å². The molecule has 1 heterocycles. The Morgan fingerprint density at radius 1 is 1.75 bits per heavy atom. The van der Waals surface area contributed by atoms with Gasteiger partial charge in [0.15, 0.2) is 0 Å². The number of hydrogen-bond donors (Lipinski definition) is 1. The second kappa shape index (κ2) is 1.86. The molecule has 0 aromatic rings. The summed E-state index contributed by atoms with van der Waals surface area (Å²) in [6.45, 7) is 3.72. The molecule has 8 heavy (non-hydrogen) atoms. The molecular weight excluding hydrogens is 104 g/mol. The molecule has 0 spiro atoms. The van der Waals surface area contributed by atoms with Gasteiger partial charge < -0.3 is 4.84 Å². The molecule has 0 fully saturated rings. The zero-order valence-electron chi connectivity index (χ0n) is 4.93. The Hall–Kier alpha value is -0.990. The molecule has 0 atom stereocenters. The summed E-state index contributed by atoms with van der Waals surface area (Å²) in [5.74, 6) is 1.45. The lowest BCUT2D eigenvalue weighted by Gasteiger charge is -1.91. The van der Waals surface area contributed by atoms with Gasteiger partial charge in [0.05, 0.1) is 0 Å². The van der Waals surface area contributed by atoms with Gasteiger partial charge in [0, 0.05) is 0 Å². The number of aliphatic imine (C=N–C) groups is 1. The van der Waals surface area contributed by atoms with Crippen LogP contribution in [0.4, 0.5) is 0 Å². The molecule has 0 saturated heterocycles. The van der Waals surface area contributed by atoms with Crippen molar-refractivity contribution in [1.29, 1.82) is 0 Å². The SMILES string of the molecule is C/C=C1/N=C(C)NO1. The van der Waals surface area contributed by atoms with Crippen LogP contribution >= 0.6 is 0 Å². The number of nitrogens with zero attached hydrogens (tertiary/aromatic N) is 1. The molecule has 3 heteroatoms. The maximum absolute atomic E-state index is 4.82. The molecule has 0 aliphatic carbocycles. The topological polar surface area (TPSA) is 33.6 Å². The summed E-state index contributed by atoms with van der Waals surface area (Å²) >= 11 is 0. The molecule has 44 valence electrons. The number of nitrogens with one attached hydrogen (secondary N) is 1. The van der Waals surface area contributed by atoms with Gasteiger partial charge in [-0.2, -0.15) is 4.99 Å². The monoisotopic (exact) mass is 112 g/mol. The minimum absolute atomic E-state index is 0.641. The summed E-state index contributed by atoms with van der Waals surface area (Å²) in [4.78, 5) is 8.77. The van der Waals surface area contributed by atoms with Crippen molar-refractivity contribution in [3.63, 3.8) is 0 Å². The second-order valence-electron chi connectivity index (χ2n) is 1.53. The van der Waals surface area contributed by atoms with E-state index in [1.54, 1.807) is 6.08 Å². The van der Waals surface area contributed by atoms with Gasteiger partial charge in [0.1, 0.15) is 5.84 Å². The molecule has 1 rings (SSSR count). The molecule has 0 unspecified atom stereocenters. The summed E-state index contributed by atoms with van der Waals surface area (Å²) in [5.41, 5.74) is 2.60. The highest BCUT2D eigenvalue weighted by molar-refractivity contribution is 5.80. The van der Waals surface area contributed by atoms with Crippen LogP contribution in [0.3, 0.4) is 0 Å². The van der Waals surface area contributed by atoms with Crippen LogP contribution in [0.2, 0.25) is 0 Å². The summed E-state index contributed by atoms with van der Waals surface area (Å²) in [6, 6.07) is 0. The summed E-state index contributed by atoms with van der Waals surface area (Å²) < 4.78 is 0. The fraction of sp³-hybridized carbons (Fsp3) is 0.400. The lowest BCUT2D eigenvalue weighted by atomic mass is 10.6. The predicted molar refractivity (Wildman–Crippen MR) is 31.1 cm³/mol. The lowest BCUT2D eigenvalue weighted by molar-refractivity contribution is 0.176. The van der Waals surface area contributed by atoms with E-state index in [4.69, 9.17) is 4.84 Å². The van der Waals surface area contributed by atoms with Crippen LogP contribution in [-0.4, -0.2) is 5.84 Å². The smallest absolute Gasteiger partial charge is 0.243 e. The highest BCUT2D eigenvalue weighted by atomic mass is 16.7. The van der Waals surface area contributed by atoms with Gasteiger partial charge in [0.25, 0.3) is 0 Å². The van der Waals surface area contributed by atoms with Crippen molar-refractivity contribution in [2.75, 3.05) is 0 Å². The van der Waals surface area contributed by atoms with Crippen molar-refractivity contribution in [1.82, 2.24) is 5.48 Å². The molecule has 3 nitrogen and oxygen atoms in total. The van der Waals surface area contributed by atoms with Gasteiger partial charge in [0.2, 0.25) is 5.88 Å². The maximum atomic E-state index is 4.82. The molecule has 0 amide bonds. The zero-order chi connectivity index (χ0) is 5.98. The standard InChI is InChI=1S/C5H8N2O/c1-3-5-6-4(2)7-8-5/h3H,1-2H3,(H,6,7)/b5-3-. The third kappa shape index (κ3) is 0.804. The number of hydrogen-bond acceptors (Lipinski definition) is 3. The molecule has 0 aromatic carbocycles. The predicted octanol–water partition coefficient (Wildman–Crippen LogP) is 0.801. The maximum Gasteiger partial charge on any atom is 0.243 e. The normalized spacial score (nSPS) is 22.2. The van der Waals surface area contributed by atoms with Crippen LogP contribution < -0.4 is 5.48 Å². The molecule has 0 bridgehead atoms. The fourth-order valence-electron chi connectivity index (χ4n) is 0.461. The quantitative estimate of drug-likeness (QED) is 0.503. The summed E-state index contributed by atoms with van der Waals surface area (Å²) in [7, 11) is 0. The van der Waals surface area contributed by atoms with Gasteiger partial charge >= 0.3 is 0 Å². The molecule has 0 radical (unpaired) electrons. The molecule has 1 N–H and O–H groups in total. The van der Waals surface area contributed by atoms with E-state index in [9.17, 15) is 0 Å². The second-order valence-corrected chi connectivity index (χ2v) is 1.53. The number of rotatable bonds is 0. The Kier molecular flexibility index (Phi) is 1.20. The van der Waals surface area contributed by atoms with Gasteiger partial charge in [-0.05, 0) is 19.9 Å². The highest BCUT2D eigenvalue weighted by Gasteiger charge is 2.03. The average Bonchev–Trinajstić information content (AvgIpc) is 2.14. The Bertz CT molecular complexity index is 149. The van der Waals surface area contributed by atoms with Crippen LogP contribution in [-0.2, 0) is 4.84 Å². The van der Waals surface area contributed by atoms with E-state index in [1.807, 2.05) is 13.8 Å². The Balaban J connectivity index is 2.67. The van der Waals surface area contributed by atoms with Crippen molar-refractivity contribution < 1.29 is 4.84 Å². The van der Waals surface area contributed by atoms with Crippen LogP contribution in [0, 0.1) is 0 Å². The van der Waals surface area contributed by atoms with Crippen molar-refractivity contribution in [3.8, 4) is 0 Å². The summed E-state index contributed by atoms with van der Waals surface area (Å²) in [6.07, 6.45) is 1.80. The van der Waals surface area contributed by atoms with Gasteiger partial charge in [-0.25, -0.2) is 5.48 Å². The van der Waals surface area contributed by atoms with Gasteiger partial charge in [-0.15, -0.1) is 0 Å². The molecule has 1 aliphatic heterocycles. The first kappa shape index (κ1) is 5.15. The summed E-state index contributed by atoms with van der Waals surface area (Å²) in [5, 5.41) is 0. The van der Waals surface area contributed by atoms with Gasteiger partial charge in [-0.1, -0.05) is 0 Å². The van der Waals surface area contributed by atoms with Gasteiger partial charge in [-0.3, -0.25) is 0 Å². The number of amidine groups is 1. The molecular formula is C5H8N2O. The Morgan fingerprint density at radius 2 is 2.50 bits per heavy atom. The fourth-order valence-corrected chi connectivity index (χ4v) is 0.461. The molecule has 0 saturated carbocycles. The van der Waals surface area contributed by atoms with E-state index >= 15 is 0 Å². The van der Waals surface area contributed by atoms with E-state index in [0.717, 1.165) is 5.84 Å². The minimum atomic E-state index is 0.641. The van der Waals surface area contributed by atoms with Crippen LogP contribution in [0.15, 0.2) is 17.0 Å².